The number of carbonyl (C=O) groups is 2. The van der Waals surface area contributed by atoms with Crippen LogP contribution in [-0.4, -0.2) is 82.5 Å². The van der Waals surface area contributed by atoms with E-state index in [9.17, 15) is 30.0 Å². The molecule has 1 fully saturated rings. The molecule has 1 heterocycles. The number of β-amino-alcohol motifs (C(OH)–C–C–N with tert-alkyl or cyclic N) is 1. The van der Waals surface area contributed by atoms with Crippen molar-refractivity contribution in [2.45, 2.75) is 69.2 Å². The predicted octanol–water partition coefficient (Wildman–Crippen LogP) is -1.80. The molecule has 0 bridgehead atoms. The summed E-state index contributed by atoms with van der Waals surface area (Å²) in [5, 5.41) is 44.7. The van der Waals surface area contributed by atoms with E-state index < -0.39 is 48.4 Å². The highest BCUT2D eigenvalue weighted by Gasteiger charge is 2.37. The van der Waals surface area contributed by atoms with Gasteiger partial charge in [0, 0.05) is 13.7 Å². The van der Waals surface area contributed by atoms with Gasteiger partial charge >= 0.3 is 0 Å². The van der Waals surface area contributed by atoms with Crippen LogP contribution in [0.25, 0.3) is 0 Å². The quantitative estimate of drug-likeness (QED) is 0.261. The van der Waals surface area contributed by atoms with E-state index in [4.69, 9.17) is 4.74 Å². The largest absolute Gasteiger partial charge is 0.391 e. The molecule has 0 radical (unpaired) electrons. The monoisotopic (exact) mass is 374 g/mol. The summed E-state index contributed by atoms with van der Waals surface area (Å²) in [5.74, 6) is -1.23. The predicted molar refractivity (Wildman–Crippen MR) is 93.0 cm³/mol. The average molecular weight is 374 g/mol. The minimum atomic E-state index is -1.69. The van der Waals surface area contributed by atoms with Crippen molar-refractivity contribution in [1.82, 2.24) is 10.6 Å². The molecule has 1 saturated heterocycles. The molecular weight excluding hydrogens is 344 g/mol. The minimum Gasteiger partial charge on any atom is -0.391 e. The number of methoxy groups -OCH3 is 1. The van der Waals surface area contributed by atoms with Crippen LogP contribution in [0.3, 0.4) is 0 Å². The first-order chi connectivity index (χ1) is 12.3. The average Bonchev–Trinajstić information content (AvgIpc) is 2.77. The lowest BCUT2D eigenvalue weighted by atomic mass is 10.0. The van der Waals surface area contributed by atoms with Gasteiger partial charge in [0.2, 0.25) is 5.91 Å². The maximum absolute atomic E-state index is 12.4. The highest BCUT2D eigenvalue weighted by Crippen LogP contribution is 2.12. The highest BCUT2D eigenvalue weighted by atomic mass is 16.5. The van der Waals surface area contributed by atoms with Crippen molar-refractivity contribution < 1.29 is 34.8 Å². The Labute approximate surface area is 153 Å². The molecule has 9 heteroatoms. The van der Waals surface area contributed by atoms with Gasteiger partial charge in [-0.05, 0) is 19.3 Å². The second kappa shape index (κ2) is 11.2. The van der Waals surface area contributed by atoms with Crippen LogP contribution in [0.5, 0.6) is 0 Å². The van der Waals surface area contributed by atoms with Gasteiger partial charge in [0.15, 0.2) is 6.10 Å². The van der Waals surface area contributed by atoms with Gasteiger partial charge < -0.3 is 35.8 Å². The van der Waals surface area contributed by atoms with Gasteiger partial charge in [-0.3, -0.25) is 9.59 Å². The molecule has 0 aliphatic carbocycles. The molecule has 9 nitrogen and oxygen atoms in total. The van der Waals surface area contributed by atoms with Gasteiger partial charge in [0.25, 0.3) is 5.91 Å². The molecule has 0 unspecified atom stereocenters. The molecule has 2 amide bonds. The number of hydrogen-bond acceptors (Lipinski definition) is 7. The van der Waals surface area contributed by atoms with E-state index in [1.54, 1.807) is 6.08 Å². The lowest BCUT2D eigenvalue weighted by molar-refractivity contribution is -0.150. The van der Waals surface area contributed by atoms with Gasteiger partial charge in [-0.1, -0.05) is 25.5 Å². The zero-order chi connectivity index (χ0) is 19.7. The molecule has 0 aromatic rings. The molecule has 1 aliphatic rings. The van der Waals surface area contributed by atoms with Crippen LogP contribution in [0.15, 0.2) is 12.2 Å². The number of unbranched alkanes of at least 4 members (excludes halogenated alkanes) is 1. The van der Waals surface area contributed by atoms with E-state index in [0.717, 1.165) is 6.42 Å². The number of nitrogens with one attached hydrogen (secondary N) is 2. The van der Waals surface area contributed by atoms with Crippen LogP contribution in [0.2, 0.25) is 0 Å². The smallest absolute Gasteiger partial charge is 0.252 e. The number of hydrogen-bond donors (Lipinski definition) is 6. The summed E-state index contributed by atoms with van der Waals surface area (Å²) in [6.45, 7) is 2.06. The maximum Gasteiger partial charge on any atom is 0.252 e. The molecule has 150 valence electrons. The van der Waals surface area contributed by atoms with Crippen LogP contribution in [0, 0.1) is 0 Å². The Morgan fingerprint density at radius 1 is 1.35 bits per heavy atom. The van der Waals surface area contributed by atoms with Crippen molar-refractivity contribution in [3.8, 4) is 0 Å². The first-order valence-corrected chi connectivity index (χ1v) is 8.81. The number of aliphatic hydroxyl groups excluding tert-OH is 4. The molecule has 1 rings (SSSR count). The SMILES string of the molecule is CCCC=C[C@@H](O)[C@H](O)[C@@H](O)[C@@H](OC)C(=O)N[C@H]1CC[C@@H](O)CNC1=O. The highest BCUT2D eigenvalue weighted by molar-refractivity contribution is 5.89. The second-order valence-electron chi connectivity index (χ2n) is 6.38. The number of carbonyl (C=O) groups excluding carboxylic acids is 2. The zero-order valence-electron chi connectivity index (χ0n) is 15.2. The Hall–Kier alpha value is -1.52. The lowest BCUT2D eigenvalue weighted by Gasteiger charge is -2.28. The van der Waals surface area contributed by atoms with Gasteiger partial charge in [-0.2, -0.15) is 0 Å². The normalized spacial score (nSPS) is 25.8. The van der Waals surface area contributed by atoms with Crippen molar-refractivity contribution in [2.24, 2.45) is 0 Å². The molecule has 6 N–H and O–H groups in total. The van der Waals surface area contributed by atoms with E-state index >= 15 is 0 Å². The summed E-state index contributed by atoms with van der Waals surface area (Å²) in [5.41, 5.74) is 0. The van der Waals surface area contributed by atoms with Crippen LogP contribution >= 0.6 is 0 Å². The third-order valence-electron chi connectivity index (χ3n) is 4.24. The van der Waals surface area contributed by atoms with E-state index in [1.165, 1.54) is 13.2 Å². The van der Waals surface area contributed by atoms with Gasteiger partial charge in [0.05, 0.1) is 6.10 Å². The Morgan fingerprint density at radius 2 is 2.04 bits per heavy atom. The van der Waals surface area contributed by atoms with Crippen LogP contribution in [0.4, 0.5) is 0 Å². The summed E-state index contributed by atoms with van der Waals surface area (Å²) in [4.78, 5) is 24.3. The number of allylic oxidation sites excluding steroid dienone is 1. The maximum atomic E-state index is 12.4. The molecule has 26 heavy (non-hydrogen) atoms. The van der Waals surface area contributed by atoms with Crippen molar-refractivity contribution in [3.05, 3.63) is 12.2 Å². The fraction of sp³-hybridized carbons (Fsp3) is 0.765. The second-order valence-corrected chi connectivity index (χ2v) is 6.38. The fourth-order valence-corrected chi connectivity index (χ4v) is 2.62. The number of rotatable bonds is 9. The van der Waals surface area contributed by atoms with Crippen molar-refractivity contribution >= 4 is 11.8 Å². The lowest BCUT2D eigenvalue weighted by Crippen LogP contribution is -2.55. The molecule has 6 atom stereocenters. The third-order valence-corrected chi connectivity index (χ3v) is 4.24. The van der Waals surface area contributed by atoms with Gasteiger partial charge in [-0.25, -0.2) is 0 Å². The number of amides is 2. The van der Waals surface area contributed by atoms with E-state index in [2.05, 4.69) is 10.6 Å². The van der Waals surface area contributed by atoms with Crippen LogP contribution < -0.4 is 10.6 Å². The van der Waals surface area contributed by atoms with Crippen LogP contribution in [-0.2, 0) is 14.3 Å². The first kappa shape index (κ1) is 22.5. The molecule has 0 aromatic heterocycles. The summed E-state index contributed by atoms with van der Waals surface area (Å²) in [7, 11) is 1.18. The molecule has 0 saturated carbocycles. The van der Waals surface area contributed by atoms with Crippen LogP contribution in [0.1, 0.15) is 32.6 Å². The van der Waals surface area contributed by atoms with E-state index in [-0.39, 0.29) is 13.0 Å². The van der Waals surface area contributed by atoms with E-state index in [1.807, 2.05) is 6.92 Å². The Kier molecular flexibility index (Phi) is 9.74. The Morgan fingerprint density at radius 3 is 2.65 bits per heavy atom. The third kappa shape index (κ3) is 6.65. The van der Waals surface area contributed by atoms with Crippen molar-refractivity contribution in [2.75, 3.05) is 13.7 Å². The zero-order valence-corrected chi connectivity index (χ0v) is 15.2. The van der Waals surface area contributed by atoms with Crippen molar-refractivity contribution in [1.29, 1.82) is 0 Å². The summed E-state index contributed by atoms with van der Waals surface area (Å²) in [6, 6.07) is -0.879. The topological polar surface area (TPSA) is 148 Å². The van der Waals surface area contributed by atoms with Gasteiger partial charge in [-0.15, -0.1) is 0 Å². The van der Waals surface area contributed by atoms with Crippen molar-refractivity contribution in [3.63, 3.8) is 0 Å². The summed E-state index contributed by atoms with van der Waals surface area (Å²) in [6.07, 6.45) is -1.70. The standard InChI is InChI=1S/C17H30N2O7/c1-3-4-5-6-12(21)13(22)14(23)15(26-2)17(25)19-11-8-7-10(20)9-18-16(11)24/h5-6,10-15,20-23H,3-4,7-9H2,1-2H3,(H,18,24)(H,19,25)/t10-,11+,12-,13+,14-,15-/m1/s1. The van der Waals surface area contributed by atoms with E-state index in [0.29, 0.717) is 12.8 Å². The molecule has 0 spiro atoms. The number of ether oxygens (including phenoxy) is 1. The summed E-state index contributed by atoms with van der Waals surface area (Å²) >= 11 is 0. The first-order valence-electron chi connectivity index (χ1n) is 8.81. The minimum absolute atomic E-state index is 0.108. The number of aliphatic hydroxyl groups is 4. The Bertz CT molecular complexity index is 486. The summed E-state index contributed by atoms with van der Waals surface area (Å²) < 4.78 is 4.96. The molecule has 1 aliphatic heterocycles. The van der Waals surface area contributed by atoms with Gasteiger partial charge in [0.1, 0.15) is 24.4 Å². The molecule has 0 aromatic carbocycles. The Balaban J connectivity index is 2.70. The molecular formula is C17H30N2O7. The fourth-order valence-electron chi connectivity index (χ4n) is 2.62.